The lowest BCUT2D eigenvalue weighted by atomic mass is 10.2. The van der Waals surface area contributed by atoms with E-state index in [1.54, 1.807) is 29.2 Å². The van der Waals surface area contributed by atoms with Crippen molar-refractivity contribution < 1.29 is 9.18 Å². The molecule has 1 amide bonds. The minimum Gasteiger partial charge on any atom is -0.319 e. The number of hydrogen-bond donors (Lipinski definition) is 1. The van der Waals surface area contributed by atoms with Gasteiger partial charge in [0.25, 0.3) is 5.91 Å². The van der Waals surface area contributed by atoms with E-state index >= 15 is 0 Å². The van der Waals surface area contributed by atoms with E-state index in [-0.39, 0.29) is 11.5 Å². The second-order valence-electron chi connectivity index (χ2n) is 5.02. The maximum absolute atomic E-state index is 13.1. The Morgan fingerprint density at radius 1 is 1.22 bits per heavy atom. The number of nitrogens with one attached hydrogen (secondary N) is 1. The highest BCUT2D eigenvalue weighted by molar-refractivity contribution is 6.30. The summed E-state index contributed by atoms with van der Waals surface area (Å²) in [5.41, 5.74) is 1.80. The fourth-order valence-electron chi connectivity index (χ4n) is 2.17. The Kier molecular flexibility index (Phi) is 4.39. The van der Waals surface area contributed by atoms with E-state index in [1.165, 1.54) is 18.2 Å². The summed E-state index contributed by atoms with van der Waals surface area (Å²) in [4.78, 5) is 12.0. The fourth-order valence-corrected chi connectivity index (χ4v) is 2.38. The van der Waals surface area contributed by atoms with Crippen LogP contribution in [0.3, 0.4) is 0 Å². The van der Waals surface area contributed by atoms with Crippen LogP contribution >= 0.6 is 11.6 Å². The third-order valence-corrected chi connectivity index (χ3v) is 3.45. The molecule has 0 unspecified atom stereocenters. The molecule has 116 valence electrons. The molecule has 0 saturated carbocycles. The van der Waals surface area contributed by atoms with Gasteiger partial charge in [0.15, 0.2) is 0 Å². The van der Waals surface area contributed by atoms with Crippen LogP contribution in [0.2, 0.25) is 5.02 Å². The van der Waals surface area contributed by atoms with Gasteiger partial charge in [0.1, 0.15) is 5.82 Å². The molecule has 0 radical (unpaired) electrons. The number of hydrogen-bond acceptors (Lipinski definition) is 2. The van der Waals surface area contributed by atoms with Crippen LogP contribution in [0.25, 0.3) is 0 Å². The molecule has 6 heteroatoms. The molecule has 1 aromatic heterocycles. The Hall–Kier alpha value is -2.66. The molecule has 23 heavy (non-hydrogen) atoms. The Morgan fingerprint density at radius 3 is 2.83 bits per heavy atom. The zero-order valence-corrected chi connectivity index (χ0v) is 12.8. The van der Waals surface area contributed by atoms with Crippen molar-refractivity contribution in [3.05, 3.63) is 82.9 Å². The van der Waals surface area contributed by atoms with Gasteiger partial charge in [0.05, 0.1) is 18.4 Å². The van der Waals surface area contributed by atoms with Crippen LogP contribution < -0.4 is 5.32 Å². The van der Waals surface area contributed by atoms with Gasteiger partial charge in [-0.15, -0.1) is 0 Å². The topological polar surface area (TPSA) is 46.9 Å². The predicted molar refractivity (Wildman–Crippen MR) is 87.1 cm³/mol. The molecular weight excluding hydrogens is 317 g/mol. The number of carbonyl (C=O) groups excluding carboxylic acids is 1. The average Bonchev–Trinajstić information content (AvgIpc) is 2.94. The second-order valence-corrected chi connectivity index (χ2v) is 5.46. The number of benzene rings is 2. The van der Waals surface area contributed by atoms with E-state index in [4.69, 9.17) is 11.6 Å². The van der Waals surface area contributed by atoms with E-state index in [0.29, 0.717) is 17.3 Å². The number of amides is 1. The highest BCUT2D eigenvalue weighted by Gasteiger charge is 2.08. The second kappa shape index (κ2) is 6.62. The molecule has 0 aliphatic carbocycles. The van der Waals surface area contributed by atoms with Gasteiger partial charge in [-0.2, -0.15) is 5.10 Å². The molecule has 0 aliphatic rings. The quantitative estimate of drug-likeness (QED) is 0.787. The minimum absolute atomic E-state index is 0.257. The molecule has 1 heterocycles. The highest BCUT2D eigenvalue weighted by atomic mass is 35.5. The zero-order valence-electron chi connectivity index (χ0n) is 12.0. The summed E-state index contributed by atoms with van der Waals surface area (Å²) < 4.78 is 14.8. The molecule has 3 aromatic rings. The van der Waals surface area contributed by atoms with E-state index in [2.05, 4.69) is 10.4 Å². The van der Waals surface area contributed by atoms with Gasteiger partial charge >= 0.3 is 0 Å². The van der Waals surface area contributed by atoms with Crippen LogP contribution in [0.5, 0.6) is 0 Å². The molecule has 4 nitrogen and oxygen atoms in total. The molecular formula is C17H13ClFN3O. The minimum atomic E-state index is -0.450. The third-order valence-electron chi connectivity index (χ3n) is 3.21. The Balaban J connectivity index is 1.68. The van der Waals surface area contributed by atoms with E-state index in [0.717, 1.165) is 5.56 Å². The standard InChI is InChI=1S/C17H13ClFN3O/c18-14-5-1-3-12(7-14)10-22-11-16(9-20-22)21-17(23)13-4-2-6-15(19)8-13/h1-9,11H,10H2,(H,21,23). The summed E-state index contributed by atoms with van der Waals surface area (Å²) in [5.74, 6) is -0.832. The number of anilines is 1. The first kappa shape index (κ1) is 15.2. The van der Waals surface area contributed by atoms with Crippen molar-refractivity contribution >= 4 is 23.2 Å². The molecule has 3 rings (SSSR count). The molecule has 0 spiro atoms. The van der Waals surface area contributed by atoms with Crippen LogP contribution in [-0.2, 0) is 6.54 Å². The molecule has 0 bridgehead atoms. The molecule has 2 aromatic carbocycles. The van der Waals surface area contributed by atoms with Crippen molar-refractivity contribution in [2.75, 3.05) is 5.32 Å². The maximum Gasteiger partial charge on any atom is 0.255 e. The van der Waals surface area contributed by atoms with E-state index in [1.807, 2.05) is 18.2 Å². The van der Waals surface area contributed by atoms with Crippen molar-refractivity contribution in [1.29, 1.82) is 0 Å². The van der Waals surface area contributed by atoms with E-state index < -0.39 is 5.82 Å². The van der Waals surface area contributed by atoms with E-state index in [9.17, 15) is 9.18 Å². The first-order valence-corrected chi connectivity index (χ1v) is 7.32. The molecule has 1 N–H and O–H groups in total. The molecule has 0 fully saturated rings. The summed E-state index contributed by atoms with van der Waals surface area (Å²) in [6, 6.07) is 13.0. The molecule has 0 saturated heterocycles. The number of aromatic nitrogens is 2. The van der Waals surface area contributed by atoms with Crippen molar-refractivity contribution in [2.45, 2.75) is 6.54 Å². The number of nitrogens with zero attached hydrogens (tertiary/aromatic N) is 2. The van der Waals surface area contributed by atoms with Crippen LogP contribution in [-0.4, -0.2) is 15.7 Å². The Morgan fingerprint density at radius 2 is 2.04 bits per heavy atom. The molecule has 0 atom stereocenters. The lowest BCUT2D eigenvalue weighted by molar-refractivity contribution is 0.102. The van der Waals surface area contributed by atoms with Crippen LogP contribution in [0, 0.1) is 5.82 Å². The zero-order chi connectivity index (χ0) is 16.2. The van der Waals surface area contributed by atoms with Gasteiger partial charge in [0.2, 0.25) is 0 Å². The Labute approximate surface area is 137 Å². The van der Waals surface area contributed by atoms with Crippen LogP contribution in [0.1, 0.15) is 15.9 Å². The molecule has 0 aliphatic heterocycles. The highest BCUT2D eigenvalue weighted by Crippen LogP contribution is 2.14. The first-order valence-electron chi connectivity index (χ1n) is 6.94. The fraction of sp³-hybridized carbons (Fsp3) is 0.0588. The number of rotatable bonds is 4. The lowest BCUT2D eigenvalue weighted by Crippen LogP contribution is -2.11. The van der Waals surface area contributed by atoms with Crippen molar-refractivity contribution in [1.82, 2.24) is 9.78 Å². The van der Waals surface area contributed by atoms with Gasteiger partial charge in [-0.3, -0.25) is 9.48 Å². The Bertz CT molecular complexity index is 847. The lowest BCUT2D eigenvalue weighted by Gasteiger charge is -2.03. The van der Waals surface area contributed by atoms with Gasteiger partial charge in [0, 0.05) is 16.8 Å². The summed E-state index contributed by atoms with van der Waals surface area (Å²) in [6.07, 6.45) is 3.25. The summed E-state index contributed by atoms with van der Waals surface area (Å²) >= 11 is 5.95. The van der Waals surface area contributed by atoms with Crippen molar-refractivity contribution in [2.24, 2.45) is 0 Å². The van der Waals surface area contributed by atoms with Crippen molar-refractivity contribution in [3.8, 4) is 0 Å². The monoisotopic (exact) mass is 329 g/mol. The first-order chi connectivity index (χ1) is 11.1. The van der Waals surface area contributed by atoms with Gasteiger partial charge in [-0.1, -0.05) is 29.8 Å². The SMILES string of the molecule is O=C(Nc1cnn(Cc2cccc(Cl)c2)c1)c1cccc(F)c1. The number of carbonyl (C=O) groups is 1. The van der Waals surface area contributed by atoms with Crippen LogP contribution in [0.15, 0.2) is 60.9 Å². The summed E-state index contributed by atoms with van der Waals surface area (Å²) in [6.45, 7) is 0.538. The maximum atomic E-state index is 13.1. The predicted octanol–water partition coefficient (Wildman–Crippen LogP) is 3.98. The number of halogens is 2. The van der Waals surface area contributed by atoms with Crippen molar-refractivity contribution in [3.63, 3.8) is 0 Å². The summed E-state index contributed by atoms with van der Waals surface area (Å²) in [5, 5.41) is 7.54. The smallest absolute Gasteiger partial charge is 0.255 e. The van der Waals surface area contributed by atoms with Gasteiger partial charge in [-0.25, -0.2) is 4.39 Å². The van der Waals surface area contributed by atoms with Gasteiger partial charge < -0.3 is 5.32 Å². The third kappa shape index (κ3) is 3.96. The average molecular weight is 330 g/mol. The summed E-state index contributed by atoms with van der Waals surface area (Å²) in [7, 11) is 0. The largest absolute Gasteiger partial charge is 0.319 e. The van der Waals surface area contributed by atoms with Crippen LogP contribution in [0.4, 0.5) is 10.1 Å². The van der Waals surface area contributed by atoms with Gasteiger partial charge in [-0.05, 0) is 35.9 Å². The normalized spacial score (nSPS) is 10.5.